The fourth-order valence-corrected chi connectivity index (χ4v) is 4.86. The zero-order valence-electron chi connectivity index (χ0n) is 20.1. The minimum atomic E-state index is -4.25. The normalized spacial score (nSPS) is 10.9. The molecule has 0 atom stereocenters. The Bertz CT molecular complexity index is 1340. The van der Waals surface area contributed by atoms with Crippen LogP contribution in [0.2, 0.25) is 0 Å². The lowest BCUT2D eigenvalue weighted by Gasteiger charge is -2.25. The van der Waals surface area contributed by atoms with E-state index in [9.17, 15) is 18.0 Å². The van der Waals surface area contributed by atoms with Gasteiger partial charge in [0.15, 0.2) is 11.5 Å². The molecule has 3 N–H and O–H groups in total. The highest BCUT2D eigenvalue weighted by Gasteiger charge is 2.29. The summed E-state index contributed by atoms with van der Waals surface area (Å²) in [6.07, 6.45) is 0. The number of carbonyl (C=O) groups is 2. The summed E-state index contributed by atoms with van der Waals surface area (Å²) in [5.74, 6) is -0.298. The minimum Gasteiger partial charge on any atom is -0.494 e. The first kappa shape index (κ1) is 26.4. The van der Waals surface area contributed by atoms with Crippen molar-refractivity contribution in [2.24, 2.45) is 5.73 Å². The highest BCUT2D eigenvalue weighted by atomic mass is 32.2. The standard InChI is InChI=1S/C25H27N3O7S/c1-4-35-18-11-9-17(10-12-18)28(16-24(29)27-21-8-6-5-7-20(21)25(26)30)36(31,32)19-13-14-22(33-2)23(15-19)34-3/h5-15H,4,16H2,1-3H3,(H2,26,30)(H,27,29). The van der Waals surface area contributed by atoms with Gasteiger partial charge in [-0.1, -0.05) is 12.1 Å². The summed E-state index contributed by atoms with van der Waals surface area (Å²) < 4.78 is 44.3. The number of primary amides is 1. The number of nitrogens with zero attached hydrogens (tertiary/aromatic N) is 1. The maximum absolute atomic E-state index is 13.7. The number of hydrogen-bond donors (Lipinski definition) is 2. The predicted molar refractivity (Wildman–Crippen MR) is 135 cm³/mol. The van der Waals surface area contributed by atoms with Crippen molar-refractivity contribution in [2.75, 3.05) is 37.0 Å². The second-order valence-electron chi connectivity index (χ2n) is 7.41. The molecule has 190 valence electrons. The second kappa shape index (κ2) is 11.5. The van der Waals surface area contributed by atoms with Crippen LogP contribution in [0.25, 0.3) is 0 Å². The zero-order valence-corrected chi connectivity index (χ0v) is 20.9. The van der Waals surface area contributed by atoms with Crippen molar-refractivity contribution in [2.45, 2.75) is 11.8 Å². The van der Waals surface area contributed by atoms with E-state index in [2.05, 4.69) is 5.32 Å². The second-order valence-corrected chi connectivity index (χ2v) is 9.28. The van der Waals surface area contributed by atoms with Gasteiger partial charge < -0.3 is 25.3 Å². The summed E-state index contributed by atoms with van der Waals surface area (Å²) in [4.78, 5) is 24.6. The SMILES string of the molecule is CCOc1ccc(N(CC(=O)Nc2ccccc2C(N)=O)S(=O)(=O)c2ccc(OC)c(OC)c2)cc1. The summed E-state index contributed by atoms with van der Waals surface area (Å²) in [5, 5.41) is 2.57. The molecule has 3 aromatic rings. The Morgan fingerprint density at radius 1 is 0.944 bits per heavy atom. The maximum atomic E-state index is 13.7. The maximum Gasteiger partial charge on any atom is 0.264 e. The third kappa shape index (κ3) is 5.87. The lowest BCUT2D eigenvalue weighted by Crippen LogP contribution is -2.38. The van der Waals surface area contributed by atoms with E-state index in [0.29, 0.717) is 18.1 Å². The molecule has 3 rings (SSSR count). The Labute approximate surface area is 209 Å². The van der Waals surface area contributed by atoms with Crippen LogP contribution in [0.5, 0.6) is 17.2 Å². The number of nitrogens with one attached hydrogen (secondary N) is 1. The Balaban J connectivity index is 2.01. The number of hydrogen-bond acceptors (Lipinski definition) is 7. The first-order valence-electron chi connectivity index (χ1n) is 10.9. The Morgan fingerprint density at radius 2 is 1.61 bits per heavy atom. The van der Waals surface area contributed by atoms with E-state index in [0.717, 1.165) is 4.31 Å². The van der Waals surface area contributed by atoms with Gasteiger partial charge in [0.25, 0.3) is 15.9 Å². The lowest BCUT2D eigenvalue weighted by atomic mass is 10.1. The molecule has 0 fully saturated rings. The zero-order chi connectivity index (χ0) is 26.3. The van der Waals surface area contributed by atoms with Crippen molar-refractivity contribution < 1.29 is 32.2 Å². The van der Waals surface area contributed by atoms with Gasteiger partial charge in [0.2, 0.25) is 5.91 Å². The van der Waals surface area contributed by atoms with Crippen molar-refractivity contribution in [3.8, 4) is 17.2 Å². The molecule has 0 aromatic heterocycles. The van der Waals surface area contributed by atoms with Gasteiger partial charge >= 0.3 is 0 Å². The molecule has 3 aromatic carbocycles. The van der Waals surface area contributed by atoms with Crippen LogP contribution in [0.3, 0.4) is 0 Å². The van der Waals surface area contributed by atoms with Crippen LogP contribution in [-0.2, 0) is 14.8 Å². The number of carbonyl (C=O) groups excluding carboxylic acids is 2. The van der Waals surface area contributed by atoms with Crippen molar-refractivity contribution in [3.05, 3.63) is 72.3 Å². The molecule has 11 heteroatoms. The van der Waals surface area contributed by atoms with Crippen molar-refractivity contribution in [1.82, 2.24) is 0 Å². The smallest absolute Gasteiger partial charge is 0.264 e. The number of anilines is 2. The van der Waals surface area contributed by atoms with Gasteiger partial charge in [0, 0.05) is 6.07 Å². The van der Waals surface area contributed by atoms with E-state index in [1.165, 1.54) is 56.7 Å². The van der Waals surface area contributed by atoms with E-state index in [1.807, 2.05) is 6.92 Å². The average Bonchev–Trinajstić information content (AvgIpc) is 2.87. The van der Waals surface area contributed by atoms with Crippen molar-refractivity contribution in [3.63, 3.8) is 0 Å². The number of benzene rings is 3. The molecule has 0 unspecified atom stereocenters. The predicted octanol–water partition coefficient (Wildman–Crippen LogP) is 3.04. The van der Waals surface area contributed by atoms with Crippen LogP contribution in [0.4, 0.5) is 11.4 Å². The molecule has 0 aliphatic heterocycles. The Morgan fingerprint density at radius 3 is 2.22 bits per heavy atom. The number of para-hydroxylation sites is 1. The van der Waals surface area contributed by atoms with Gasteiger partial charge in [0.1, 0.15) is 12.3 Å². The van der Waals surface area contributed by atoms with E-state index in [4.69, 9.17) is 19.9 Å². The first-order chi connectivity index (χ1) is 17.2. The van der Waals surface area contributed by atoms with Gasteiger partial charge in [-0.3, -0.25) is 13.9 Å². The summed E-state index contributed by atoms with van der Waals surface area (Å²) in [5.41, 5.74) is 5.89. The molecule has 36 heavy (non-hydrogen) atoms. The van der Waals surface area contributed by atoms with Crippen molar-refractivity contribution in [1.29, 1.82) is 0 Å². The Hall–Kier alpha value is -4.25. The number of methoxy groups -OCH3 is 2. The molecule has 10 nitrogen and oxygen atoms in total. The van der Waals surface area contributed by atoms with Gasteiger partial charge in [0.05, 0.1) is 42.7 Å². The highest BCUT2D eigenvalue weighted by molar-refractivity contribution is 7.92. The molecule has 0 radical (unpaired) electrons. The number of rotatable bonds is 11. The topological polar surface area (TPSA) is 137 Å². The minimum absolute atomic E-state index is 0.0983. The van der Waals surface area contributed by atoms with Crippen LogP contribution >= 0.6 is 0 Å². The quantitative estimate of drug-likeness (QED) is 0.402. The average molecular weight is 514 g/mol. The van der Waals surface area contributed by atoms with Crippen LogP contribution in [0, 0.1) is 0 Å². The summed E-state index contributed by atoms with van der Waals surface area (Å²) in [7, 11) is -1.42. The molecular weight excluding hydrogens is 486 g/mol. The first-order valence-corrected chi connectivity index (χ1v) is 12.3. The highest BCUT2D eigenvalue weighted by Crippen LogP contribution is 2.32. The van der Waals surface area contributed by atoms with Crippen LogP contribution < -0.4 is 29.6 Å². The van der Waals surface area contributed by atoms with Crippen LogP contribution in [-0.4, -0.2) is 47.6 Å². The molecule has 0 heterocycles. The van der Waals surface area contributed by atoms with Gasteiger partial charge in [-0.05, 0) is 55.5 Å². The fourth-order valence-electron chi connectivity index (χ4n) is 3.42. The fraction of sp³-hybridized carbons (Fsp3) is 0.200. The molecule has 0 bridgehead atoms. The van der Waals surface area contributed by atoms with Gasteiger partial charge in [-0.15, -0.1) is 0 Å². The van der Waals surface area contributed by atoms with E-state index >= 15 is 0 Å². The van der Waals surface area contributed by atoms with Gasteiger partial charge in [-0.25, -0.2) is 8.42 Å². The number of sulfonamides is 1. The third-order valence-electron chi connectivity index (χ3n) is 5.13. The molecule has 0 spiro atoms. The molecule has 0 saturated heterocycles. The van der Waals surface area contributed by atoms with Crippen LogP contribution in [0.1, 0.15) is 17.3 Å². The third-order valence-corrected chi connectivity index (χ3v) is 6.90. The number of nitrogens with two attached hydrogens (primary N) is 1. The van der Waals surface area contributed by atoms with E-state index in [-0.39, 0.29) is 27.6 Å². The summed E-state index contributed by atoms with van der Waals surface area (Å²) >= 11 is 0. The van der Waals surface area contributed by atoms with E-state index in [1.54, 1.807) is 24.3 Å². The molecular formula is C25H27N3O7S. The lowest BCUT2D eigenvalue weighted by molar-refractivity contribution is -0.114. The van der Waals surface area contributed by atoms with Gasteiger partial charge in [-0.2, -0.15) is 0 Å². The summed E-state index contributed by atoms with van der Waals surface area (Å²) in [6, 6.07) is 16.6. The van der Waals surface area contributed by atoms with Crippen molar-refractivity contribution >= 4 is 33.2 Å². The largest absolute Gasteiger partial charge is 0.494 e. The Kier molecular flexibility index (Phi) is 8.38. The number of amides is 2. The molecule has 2 amide bonds. The molecule has 0 aliphatic carbocycles. The van der Waals surface area contributed by atoms with Crippen LogP contribution in [0.15, 0.2) is 71.6 Å². The molecule has 0 saturated carbocycles. The summed E-state index contributed by atoms with van der Waals surface area (Å²) in [6.45, 7) is 1.68. The monoisotopic (exact) mass is 513 g/mol. The van der Waals surface area contributed by atoms with E-state index < -0.39 is 28.4 Å². The molecule has 0 aliphatic rings. The number of ether oxygens (including phenoxy) is 3.